The summed E-state index contributed by atoms with van der Waals surface area (Å²) in [6.45, 7) is 0.384. The topological polar surface area (TPSA) is 79.5 Å². The van der Waals surface area contributed by atoms with E-state index in [1.165, 1.54) is 6.07 Å². The maximum absolute atomic E-state index is 11.4. The summed E-state index contributed by atoms with van der Waals surface area (Å²) in [5.74, 6) is -0.232. The Bertz CT molecular complexity index is 914. The number of alkyl halides is 1. The second-order valence-electron chi connectivity index (χ2n) is 4.88. The third-order valence-electron chi connectivity index (χ3n) is 3.29. The summed E-state index contributed by atoms with van der Waals surface area (Å²) in [7, 11) is 0. The monoisotopic (exact) mass is 349 g/mol. The van der Waals surface area contributed by atoms with Gasteiger partial charge in [0.25, 0.3) is 0 Å². The van der Waals surface area contributed by atoms with Crippen LogP contribution in [0.1, 0.15) is 5.56 Å². The molecule has 5 nitrogen and oxygen atoms in total. The van der Waals surface area contributed by atoms with Crippen molar-refractivity contribution in [3.05, 3.63) is 51.7 Å². The van der Waals surface area contributed by atoms with Crippen LogP contribution < -0.4 is 10.3 Å². The Morgan fingerprint density at radius 2 is 2.00 bits per heavy atom. The van der Waals surface area contributed by atoms with E-state index < -0.39 is 4.94 Å². The number of benzene rings is 2. The molecule has 0 aliphatic heterocycles. The van der Waals surface area contributed by atoms with Crippen LogP contribution in [0.15, 0.2) is 45.6 Å². The van der Waals surface area contributed by atoms with Crippen molar-refractivity contribution in [3.8, 4) is 16.9 Å². The number of carbonyl (C=O) groups is 1. The van der Waals surface area contributed by atoms with Crippen LogP contribution in [0.5, 0.6) is 5.75 Å². The maximum atomic E-state index is 11.4. The lowest BCUT2D eigenvalue weighted by Gasteiger charge is -2.06. The van der Waals surface area contributed by atoms with Gasteiger partial charge in [0.15, 0.2) is 5.58 Å². The molecule has 0 aliphatic rings. The molecule has 118 valence electrons. The SMILES string of the molecule is O=C(CCl)NCc1ccc(-c2cc(O)cc3sc(=O)oc23)cc1. The Morgan fingerprint density at radius 3 is 2.70 bits per heavy atom. The number of hydrogen-bond acceptors (Lipinski definition) is 5. The normalized spacial score (nSPS) is 10.8. The van der Waals surface area contributed by atoms with Gasteiger partial charge in [0.2, 0.25) is 5.91 Å². The van der Waals surface area contributed by atoms with E-state index in [1.807, 2.05) is 24.3 Å². The van der Waals surface area contributed by atoms with E-state index in [-0.39, 0.29) is 17.5 Å². The number of phenols is 1. The Hall–Kier alpha value is -2.31. The van der Waals surface area contributed by atoms with Crippen LogP contribution in [0.25, 0.3) is 21.4 Å². The lowest BCUT2D eigenvalue weighted by molar-refractivity contribution is -0.118. The summed E-state index contributed by atoms with van der Waals surface area (Å²) in [5, 5.41) is 12.5. The fraction of sp³-hybridized carbons (Fsp3) is 0.125. The van der Waals surface area contributed by atoms with E-state index in [4.69, 9.17) is 16.0 Å². The summed E-state index contributed by atoms with van der Waals surface area (Å²) in [6.07, 6.45) is 0. The van der Waals surface area contributed by atoms with Crippen molar-refractivity contribution in [2.45, 2.75) is 6.54 Å². The van der Waals surface area contributed by atoms with Gasteiger partial charge in [0.1, 0.15) is 11.6 Å². The molecule has 1 aromatic heterocycles. The summed E-state index contributed by atoms with van der Waals surface area (Å²) in [6, 6.07) is 10.4. The van der Waals surface area contributed by atoms with Crippen molar-refractivity contribution in [2.24, 2.45) is 0 Å². The Balaban J connectivity index is 1.93. The first kappa shape index (κ1) is 15.6. The third kappa shape index (κ3) is 3.38. The molecule has 0 saturated carbocycles. The standard InChI is InChI=1S/C16H12ClNO4S/c17-7-14(20)18-8-9-1-3-10(4-2-9)12-5-11(19)6-13-15(12)22-16(21)23-13/h1-6,19H,7-8H2,(H,18,20). The summed E-state index contributed by atoms with van der Waals surface area (Å²) < 4.78 is 5.81. The molecule has 2 aromatic carbocycles. The molecule has 3 rings (SSSR count). The lowest BCUT2D eigenvalue weighted by atomic mass is 10.0. The van der Waals surface area contributed by atoms with E-state index in [9.17, 15) is 14.7 Å². The molecule has 7 heteroatoms. The summed E-state index contributed by atoms with van der Waals surface area (Å²) >= 11 is 6.38. The van der Waals surface area contributed by atoms with Crippen molar-refractivity contribution in [1.82, 2.24) is 5.32 Å². The van der Waals surface area contributed by atoms with Gasteiger partial charge in [-0.15, -0.1) is 11.6 Å². The van der Waals surface area contributed by atoms with Crippen LogP contribution in [0.3, 0.4) is 0 Å². The number of fused-ring (bicyclic) bond motifs is 1. The first-order valence-electron chi connectivity index (χ1n) is 6.75. The molecule has 0 saturated heterocycles. The van der Waals surface area contributed by atoms with Gasteiger partial charge in [-0.25, -0.2) is 4.79 Å². The third-order valence-corrected chi connectivity index (χ3v) is 4.31. The Kier molecular flexibility index (Phi) is 4.36. The largest absolute Gasteiger partial charge is 0.508 e. The van der Waals surface area contributed by atoms with Crippen LogP contribution in [0, 0.1) is 0 Å². The smallest absolute Gasteiger partial charge is 0.396 e. The van der Waals surface area contributed by atoms with Gasteiger partial charge < -0.3 is 14.8 Å². The highest BCUT2D eigenvalue weighted by atomic mass is 35.5. The molecule has 0 atom stereocenters. The molecule has 1 amide bonds. The average molecular weight is 350 g/mol. The van der Waals surface area contributed by atoms with E-state index >= 15 is 0 Å². The highest BCUT2D eigenvalue weighted by molar-refractivity contribution is 7.16. The number of rotatable bonds is 4. The van der Waals surface area contributed by atoms with Crippen LogP contribution in [0.2, 0.25) is 0 Å². The quantitative estimate of drug-likeness (QED) is 0.709. The molecule has 0 radical (unpaired) electrons. The molecular weight excluding hydrogens is 338 g/mol. The van der Waals surface area contributed by atoms with Crippen LogP contribution in [-0.2, 0) is 11.3 Å². The molecule has 0 spiro atoms. The number of aromatic hydroxyl groups is 1. The van der Waals surface area contributed by atoms with Gasteiger partial charge in [0.05, 0.1) is 4.70 Å². The molecule has 0 bridgehead atoms. The van der Waals surface area contributed by atoms with E-state index in [2.05, 4.69) is 5.32 Å². The average Bonchev–Trinajstić information content (AvgIpc) is 2.92. The minimum absolute atomic E-state index is 0.0722. The minimum atomic E-state index is -0.410. The van der Waals surface area contributed by atoms with Crippen molar-refractivity contribution >= 4 is 39.1 Å². The van der Waals surface area contributed by atoms with Crippen molar-refractivity contribution in [1.29, 1.82) is 0 Å². The van der Waals surface area contributed by atoms with Crippen LogP contribution >= 0.6 is 22.9 Å². The van der Waals surface area contributed by atoms with Gasteiger partial charge >= 0.3 is 4.94 Å². The van der Waals surface area contributed by atoms with Gasteiger partial charge in [-0.1, -0.05) is 35.6 Å². The number of hydrogen-bond donors (Lipinski definition) is 2. The zero-order chi connectivity index (χ0) is 16.4. The molecule has 0 unspecified atom stereocenters. The number of carbonyl (C=O) groups excluding carboxylic acids is 1. The molecule has 2 N–H and O–H groups in total. The zero-order valence-corrected chi connectivity index (χ0v) is 13.4. The van der Waals surface area contributed by atoms with E-state index in [1.54, 1.807) is 6.07 Å². The van der Waals surface area contributed by atoms with Gasteiger partial charge in [-0.3, -0.25) is 4.79 Å². The van der Waals surface area contributed by atoms with Gasteiger partial charge in [-0.05, 0) is 17.2 Å². The van der Waals surface area contributed by atoms with Gasteiger partial charge in [-0.2, -0.15) is 0 Å². The fourth-order valence-corrected chi connectivity index (χ4v) is 3.05. The predicted octanol–water partition coefficient (Wildman–Crippen LogP) is 3.08. The van der Waals surface area contributed by atoms with Crippen molar-refractivity contribution < 1.29 is 14.3 Å². The Morgan fingerprint density at radius 1 is 1.26 bits per heavy atom. The molecule has 3 aromatic rings. The number of phenolic OH excluding ortho intramolecular Hbond substituents is 1. The second-order valence-corrected chi connectivity index (χ2v) is 6.13. The maximum Gasteiger partial charge on any atom is 0.396 e. The molecular formula is C16H12ClNO4S. The van der Waals surface area contributed by atoms with E-state index in [0.717, 1.165) is 22.5 Å². The molecule has 0 fully saturated rings. The van der Waals surface area contributed by atoms with Crippen LogP contribution in [-0.4, -0.2) is 16.9 Å². The summed E-state index contributed by atoms with van der Waals surface area (Å²) in [5.41, 5.74) is 2.82. The summed E-state index contributed by atoms with van der Waals surface area (Å²) in [4.78, 5) is 22.2. The second kappa shape index (κ2) is 6.44. The van der Waals surface area contributed by atoms with E-state index in [0.29, 0.717) is 22.4 Å². The first-order valence-corrected chi connectivity index (χ1v) is 8.10. The fourth-order valence-electron chi connectivity index (χ4n) is 2.23. The predicted molar refractivity (Wildman–Crippen MR) is 90.0 cm³/mol. The van der Waals surface area contributed by atoms with Crippen LogP contribution in [0.4, 0.5) is 0 Å². The highest BCUT2D eigenvalue weighted by Crippen LogP contribution is 2.33. The van der Waals surface area contributed by atoms with Gasteiger partial charge in [0, 0.05) is 18.2 Å². The first-order chi connectivity index (χ1) is 11.1. The van der Waals surface area contributed by atoms with Crippen molar-refractivity contribution in [2.75, 3.05) is 5.88 Å². The van der Waals surface area contributed by atoms with Crippen molar-refractivity contribution in [3.63, 3.8) is 0 Å². The number of halogens is 1. The highest BCUT2D eigenvalue weighted by Gasteiger charge is 2.12. The molecule has 1 heterocycles. The number of nitrogens with one attached hydrogen (secondary N) is 1. The lowest BCUT2D eigenvalue weighted by Crippen LogP contribution is -2.23. The number of amides is 1. The zero-order valence-electron chi connectivity index (χ0n) is 11.8. The minimum Gasteiger partial charge on any atom is -0.508 e. The molecule has 23 heavy (non-hydrogen) atoms. The Labute approximate surface area is 140 Å². The molecule has 0 aliphatic carbocycles.